The van der Waals surface area contributed by atoms with Crippen LogP contribution in [0.25, 0.3) is 5.52 Å². The van der Waals surface area contributed by atoms with Crippen LogP contribution in [0.5, 0.6) is 0 Å². The number of hydrogen-bond acceptors (Lipinski definition) is 7. The maximum absolute atomic E-state index is 12.1. The van der Waals surface area contributed by atoms with E-state index in [0.29, 0.717) is 11.4 Å². The van der Waals surface area contributed by atoms with Gasteiger partial charge in [-0.2, -0.15) is 10.1 Å². The van der Waals surface area contributed by atoms with Gasteiger partial charge in [0.05, 0.1) is 6.20 Å². The lowest BCUT2D eigenvalue weighted by Crippen LogP contribution is -2.24. The molecule has 1 aliphatic carbocycles. The van der Waals surface area contributed by atoms with E-state index in [9.17, 15) is 4.79 Å². The van der Waals surface area contributed by atoms with E-state index in [-0.39, 0.29) is 12.1 Å². The zero-order chi connectivity index (χ0) is 19.8. The van der Waals surface area contributed by atoms with Crippen molar-refractivity contribution in [3.05, 3.63) is 71.0 Å². The van der Waals surface area contributed by atoms with Gasteiger partial charge in [0.15, 0.2) is 11.8 Å². The summed E-state index contributed by atoms with van der Waals surface area (Å²) in [6.07, 6.45) is 5.77. The van der Waals surface area contributed by atoms with Gasteiger partial charge in [0.1, 0.15) is 12.9 Å². The fraction of sp³-hybridized carbons (Fsp3) is 0.350. The summed E-state index contributed by atoms with van der Waals surface area (Å²) in [6, 6.07) is 10.8. The van der Waals surface area contributed by atoms with Crippen molar-refractivity contribution in [3.63, 3.8) is 0 Å². The Morgan fingerprint density at radius 2 is 1.93 bits per heavy atom. The van der Waals surface area contributed by atoms with E-state index in [1.807, 2.05) is 6.92 Å². The Morgan fingerprint density at radius 1 is 1.14 bits per heavy atom. The monoisotopic (exact) mass is 391 g/mol. The first-order valence-corrected chi connectivity index (χ1v) is 9.64. The average molecular weight is 391 g/mol. The minimum Gasteiger partial charge on any atom is -0.371 e. The van der Waals surface area contributed by atoms with Crippen LogP contribution in [-0.4, -0.2) is 42.6 Å². The van der Waals surface area contributed by atoms with E-state index in [1.165, 1.54) is 47.0 Å². The van der Waals surface area contributed by atoms with Crippen LogP contribution >= 0.6 is 0 Å². The van der Waals surface area contributed by atoms with Crippen molar-refractivity contribution in [1.82, 2.24) is 29.5 Å². The second-order valence-electron chi connectivity index (χ2n) is 7.56. The second kappa shape index (κ2) is 7.16. The molecule has 29 heavy (non-hydrogen) atoms. The summed E-state index contributed by atoms with van der Waals surface area (Å²) < 4.78 is 7.55. The zero-order valence-corrected chi connectivity index (χ0v) is 16.0. The molecule has 0 N–H and O–H groups in total. The normalized spacial score (nSPS) is 19.7. The lowest BCUT2D eigenvalue weighted by Gasteiger charge is -2.19. The van der Waals surface area contributed by atoms with Gasteiger partial charge in [0.2, 0.25) is 5.89 Å². The van der Waals surface area contributed by atoms with Crippen molar-refractivity contribution in [2.24, 2.45) is 11.8 Å². The van der Waals surface area contributed by atoms with Gasteiger partial charge in [0.25, 0.3) is 5.56 Å². The molecular weight excluding hydrogens is 370 g/mol. The molecule has 148 valence electrons. The van der Waals surface area contributed by atoms with Gasteiger partial charge in [-0.1, -0.05) is 23.4 Å². The smallest absolute Gasteiger partial charge is 0.280 e. The molecule has 0 amide bonds. The van der Waals surface area contributed by atoms with E-state index < -0.39 is 0 Å². The largest absolute Gasteiger partial charge is 0.371 e. The van der Waals surface area contributed by atoms with Gasteiger partial charge < -0.3 is 9.42 Å². The predicted octanol–water partition coefficient (Wildman–Crippen LogP) is 1.77. The van der Waals surface area contributed by atoms with Gasteiger partial charge in [-0.25, -0.2) is 0 Å². The lowest BCUT2D eigenvalue weighted by atomic mass is 10.3. The molecule has 4 aromatic rings. The van der Waals surface area contributed by atoms with Crippen LogP contribution in [0.4, 0.5) is 5.69 Å². The van der Waals surface area contributed by atoms with Crippen LogP contribution < -0.4 is 10.5 Å². The molecule has 9 nitrogen and oxygen atoms in total. The minimum atomic E-state index is -0.187. The number of rotatable bonds is 3. The molecular formula is C20H21N7O2. The molecule has 2 fully saturated rings. The van der Waals surface area contributed by atoms with Gasteiger partial charge >= 0.3 is 0 Å². The molecule has 3 aromatic heterocycles. The third-order valence-electron chi connectivity index (χ3n) is 5.51. The molecule has 1 saturated carbocycles. The molecule has 6 rings (SSSR count). The molecule has 2 aliphatic rings. The number of aromatic nitrogens is 6. The van der Waals surface area contributed by atoms with Crippen LogP contribution in [0.3, 0.4) is 0 Å². The first-order valence-electron chi connectivity index (χ1n) is 9.64. The fourth-order valence-corrected chi connectivity index (χ4v) is 3.83. The van der Waals surface area contributed by atoms with Crippen molar-refractivity contribution >= 4 is 11.2 Å². The SMILES string of the molecule is Cc1cnn2ncn(Cc3ncno3)c(=O)c12.c1ccc(N2C[C@H]3C[C@H]3C2)cc1. The molecule has 0 bridgehead atoms. The van der Waals surface area contributed by atoms with Crippen molar-refractivity contribution in [1.29, 1.82) is 0 Å². The number of nitrogens with zero attached hydrogens (tertiary/aromatic N) is 7. The Labute approximate surface area is 166 Å². The fourth-order valence-electron chi connectivity index (χ4n) is 3.83. The van der Waals surface area contributed by atoms with Crippen LogP contribution in [0.2, 0.25) is 0 Å². The van der Waals surface area contributed by atoms with Crippen molar-refractivity contribution in [3.8, 4) is 0 Å². The molecule has 1 aromatic carbocycles. The van der Waals surface area contributed by atoms with Crippen LogP contribution in [-0.2, 0) is 6.54 Å². The summed E-state index contributed by atoms with van der Waals surface area (Å²) in [7, 11) is 0. The molecule has 9 heteroatoms. The molecule has 1 aliphatic heterocycles. The molecule has 0 unspecified atom stereocenters. The summed E-state index contributed by atoms with van der Waals surface area (Å²) in [5.41, 5.74) is 2.45. The quantitative estimate of drug-likeness (QED) is 0.525. The highest BCUT2D eigenvalue weighted by atomic mass is 16.5. The molecule has 0 spiro atoms. The summed E-state index contributed by atoms with van der Waals surface area (Å²) in [4.78, 5) is 18.5. The maximum Gasteiger partial charge on any atom is 0.280 e. The Morgan fingerprint density at radius 3 is 2.66 bits per heavy atom. The van der Waals surface area contributed by atoms with Gasteiger partial charge in [-0.3, -0.25) is 9.36 Å². The van der Waals surface area contributed by atoms with Gasteiger partial charge in [-0.05, 0) is 37.3 Å². The van der Waals surface area contributed by atoms with Gasteiger partial charge in [0, 0.05) is 24.3 Å². The number of piperidine rings is 1. The van der Waals surface area contributed by atoms with Crippen LogP contribution in [0.15, 0.2) is 58.5 Å². The first-order chi connectivity index (χ1) is 14.2. The number of hydrogen-bond donors (Lipinski definition) is 0. The van der Waals surface area contributed by atoms with Crippen molar-refractivity contribution in [2.75, 3.05) is 18.0 Å². The van der Waals surface area contributed by atoms with E-state index in [0.717, 1.165) is 17.4 Å². The standard InChI is InChI=1S/C11H13N.C9H8N6O2/c1-2-4-11(5-3-1)12-7-9-6-10(9)8-12;1-6-2-11-15-8(6)9(16)14(5-12-15)3-7-10-4-13-17-7/h1-5,9-10H,6-8H2;2,4-5H,3H2,1H3/t9-,10+;. The van der Waals surface area contributed by atoms with Gasteiger partial charge in [-0.15, -0.1) is 9.73 Å². The predicted molar refractivity (Wildman–Crippen MR) is 106 cm³/mol. The second-order valence-corrected chi connectivity index (χ2v) is 7.56. The Balaban J connectivity index is 0.000000132. The van der Waals surface area contributed by atoms with Crippen molar-refractivity contribution < 1.29 is 4.52 Å². The third-order valence-corrected chi connectivity index (χ3v) is 5.51. The summed E-state index contributed by atoms with van der Waals surface area (Å²) in [5.74, 6) is 2.42. The topological polar surface area (TPSA) is 94.4 Å². The number of anilines is 1. The van der Waals surface area contributed by atoms with E-state index >= 15 is 0 Å². The van der Waals surface area contributed by atoms with E-state index in [2.05, 4.69) is 55.6 Å². The minimum absolute atomic E-state index is 0.187. The highest BCUT2D eigenvalue weighted by Gasteiger charge is 2.44. The Bertz CT molecular complexity index is 1160. The summed E-state index contributed by atoms with van der Waals surface area (Å²) in [6.45, 7) is 4.61. The van der Waals surface area contributed by atoms with E-state index in [4.69, 9.17) is 4.52 Å². The van der Waals surface area contributed by atoms with Crippen LogP contribution in [0, 0.1) is 18.8 Å². The summed E-state index contributed by atoms with van der Waals surface area (Å²) >= 11 is 0. The highest BCUT2D eigenvalue weighted by molar-refractivity contribution is 5.50. The molecule has 4 heterocycles. The number of para-hydroxylation sites is 1. The van der Waals surface area contributed by atoms with Crippen LogP contribution in [0.1, 0.15) is 17.9 Å². The number of benzene rings is 1. The number of fused-ring (bicyclic) bond motifs is 2. The third kappa shape index (κ3) is 3.51. The molecule has 1 saturated heterocycles. The lowest BCUT2D eigenvalue weighted by molar-refractivity contribution is 0.367. The van der Waals surface area contributed by atoms with E-state index in [1.54, 1.807) is 6.20 Å². The first kappa shape index (κ1) is 17.6. The maximum atomic E-state index is 12.1. The molecule has 2 atom stereocenters. The summed E-state index contributed by atoms with van der Waals surface area (Å²) in [5, 5.41) is 11.5. The zero-order valence-electron chi connectivity index (χ0n) is 16.0. The highest BCUT2D eigenvalue weighted by Crippen LogP contribution is 2.46. The Hall–Kier alpha value is -3.49. The average Bonchev–Trinajstić information content (AvgIpc) is 3.15. The molecule has 0 radical (unpaired) electrons. The number of aryl methyl sites for hydroxylation is 1. The van der Waals surface area contributed by atoms with Crippen molar-refractivity contribution in [2.45, 2.75) is 19.9 Å². The Kier molecular flexibility index (Phi) is 4.34.